The highest BCUT2D eigenvalue weighted by Crippen LogP contribution is 2.78. The lowest BCUT2D eigenvalue weighted by atomic mass is 10.1. The zero-order valence-electron chi connectivity index (χ0n) is 20.8. The molecule has 0 aliphatic carbocycles. The van der Waals surface area contributed by atoms with Crippen LogP contribution in [0.1, 0.15) is 18.2 Å². The Morgan fingerprint density at radius 2 is 1.90 bits per heavy atom. The lowest BCUT2D eigenvalue weighted by molar-refractivity contribution is -0.384. The Labute approximate surface area is 233 Å². The van der Waals surface area contributed by atoms with E-state index in [-0.39, 0.29) is 12.0 Å². The van der Waals surface area contributed by atoms with Gasteiger partial charge < -0.3 is 23.6 Å². The van der Waals surface area contributed by atoms with Gasteiger partial charge in [0, 0.05) is 35.2 Å². The number of aryl methyl sites for hydroxylation is 1. The van der Waals surface area contributed by atoms with Crippen LogP contribution in [0.25, 0.3) is 10.4 Å². The normalized spacial score (nSPS) is 23.1. The van der Waals surface area contributed by atoms with Crippen molar-refractivity contribution in [3.05, 3.63) is 77.4 Å². The molecule has 0 bridgehead atoms. The van der Waals surface area contributed by atoms with Crippen molar-refractivity contribution in [3.63, 3.8) is 0 Å². The first kappa shape index (κ1) is 33.3. The number of nitro groups is 1. The van der Waals surface area contributed by atoms with Crippen molar-refractivity contribution in [2.24, 2.45) is 5.11 Å². The van der Waals surface area contributed by atoms with Crippen LogP contribution in [0.2, 0.25) is 0 Å². The van der Waals surface area contributed by atoms with Gasteiger partial charge in [-0.25, -0.2) is 13.7 Å². The van der Waals surface area contributed by atoms with Crippen molar-refractivity contribution >= 4 is 35.9 Å². The van der Waals surface area contributed by atoms with E-state index in [0.29, 0.717) is 12.1 Å². The molecule has 1 aliphatic rings. The van der Waals surface area contributed by atoms with Crippen LogP contribution in [-0.4, -0.2) is 56.0 Å². The van der Waals surface area contributed by atoms with Gasteiger partial charge in [0.2, 0.25) is 7.57 Å². The second kappa shape index (κ2) is 12.2. The first-order valence-corrected chi connectivity index (χ1v) is 15.8. The first-order chi connectivity index (χ1) is 19.3. The Morgan fingerprint density at radius 3 is 2.48 bits per heavy atom. The van der Waals surface area contributed by atoms with Gasteiger partial charge >= 0.3 is 26.3 Å². The van der Waals surface area contributed by atoms with E-state index in [1.54, 1.807) is 0 Å². The van der Waals surface area contributed by atoms with Crippen molar-refractivity contribution in [1.29, 1.82) is 0 Å². The summed E-state index contributed by atoms with van der Waals surface area (Å²) in [7, 11) is -13.6. The number of benzene rings is 1. The van der Waals surface area contributed by atoms with Crippen molar-refractivity contribution < 1.29 is 55.3 Å². The predicted molar refractivity (Wildman–Crippen MR) is 136 cm³/mol. The van der Waals surface area contributed by atoms with Crippen LogP contribution in [0.15, 0.2) is 45.2 Å². The largest absolute Gasteiger partial charge is 0.459 e. The molecule has 0 spiro atoms. The molecule has 1 aromatic carbocycles. The number of nitrogens with one attached hydrogen (secondary N) is 1. The molecule has 1 aromatic heterocycles. The molecule has 2 heterocycles. The summed E-state index contributed by atoms with van der Waals surface area (Å²) in [6, 6.07) is 1.58. The number of alkyl halides is 2. The molecule has 1 saturated heterocycles. The van der Waals surface area contributed by atoms with Crippen LogP contribution >= 0.6 is 22.7 Å². The van der Waals surface area contributed by atoms with E-state index in [1.807, 2.05) is 4.98 Å². The molecule has 6 atom stereocenters. The lowest BCUT2D eigenvalue weighted by Gasteiger charge is -2.28. The van der Waals surface area contributed by atoms with E-state index in [2.05, 4.69) is 23.4 Å². The second-order valence-corrected chi connectivity index (χ2v) is 14.2. The molecule has 2 radical (unpaired) electrons. The quantitative estimate of drug-likeness (QED) is 0.0564. The summed E-state index contributed by atoms with van der Waals surface area (Å²) in [6.07, 6.45) is -1.64. The fourth-order valence-electron chi connectivity index (χ4n) is 3.41. The Bertz CT molecular complexity index is 1680. The smallest absolute Gasteiger partial charge is 0.420 e. The number of H-pyrrole nitrogens is 1. The summed E-state index contributed by atoms with van der Waals surface area (Å²) in [5.74, 6) is -0.841. The molecule has 42 heavy (non-hydrogen) atoms. The number of aromatic amines is 1. The summed E-state index contributed by atoms with van der Waals surface area (Å²) >= 11 is 0. The van der Waals surface area contributed by atoms with Crippen molar-refractivity contribution in [2.45, 2.75) is 37.1 Å². The van der Waals surface area contributed by atoms with Gasteiger partial charge in [-0.3, -0.25) is 33.6 Å². The number of nitrogens with zero attached hydrogens (tertiary/aromatic N) is 5. The summed E-state index contributed by atoms with van der Waals surface area (Å²) in [4.78, 5) is 57.7. The molecule has 1 fully saturated rings. The Morgan fingerprint density at radius 1 is 1.29 bits per heavy atom. The molecule has 226 valence electrons. The van der Waals surface area contributed by atoms with Gasteiger partial charge in [0.25, 0.3) is 18.7 Å². The van der Waals surface area contributed by atoms with Crippen LogP contribution in [0.3, 0.4) is 0 Å². The van der Waals surface area contributed by atoms with E-state index >= 15 is 0 Å². The van der Waals surface area contributed by atoms with Gasteiger partial charge in [-0.05, 0) is 24.6 Å². The number of nitro benzene ring substituents is 1. The monoisotopic (exact) mass is 656 g/mol. The maximum atomic E-state index is 14.7. The number of non-ortho nitro benzene ring substituents is 1. The molecule has 3 unspecified atom stereocenters. The number of rotatable bonds is 12. The highest BCUT2D eigenvalue weighted by molar-refractivity contribution is 7.86. The molecule has 19 nitrogen and oxygen atoms in total. The molecule has 3 rings (SSSR count). The van der Waals surface area contributed by atoms with E-state index in [9.17, 15) is 52.0 Å². The standard InChI is InChI=1S/C17H18BF2N6O13P3/c1-9-7-25(16(28)22-15(9)27)14-6-12(23-24-21)13(37-14)8-36-42(18,35)39-41(33,34)17(19,20)40(31,32)38-11-4-2-10(3-5-11)26(29)30/h2-5,7,12-14H,6,8H2,1H3,(H,31,32)(H,33,34)(H,22,27,28)/t12-,13-,14-,42?/m1/s1. The van der Waals surface area contributed by atoms with Crippen LogP contribution in [0.5, 0.6) is 5.75 Å². The Hall–Kier alpha value is -3.18. The van der Waals surface area contributed by atoms with Crippen molar-refractivity contribution in [3.8, 4) is 5.75 Å². The molecule has 1 aliphatic heterocycles. The van der Waals surface area contributed by atoms with E-state index < -0.39 is 80.7 Å². The van der Waals surface area contributed by atoms with Crippen LogP contribution in [-0.2, 0) is 27.3 Å². The van der Waals surface area contributed by atoms with E-state index in [1.165, 1.54) is 6.92 Å². The molecule has 0 amide bonds. The van der Waals surface area contributed by atoms with Gasteiger partial charge in [-0.2, -0.15) is 8.78 Å². The third-order valence-corrected chi connectivity index (χ3v) is 11.1. The maximum absolute atomic E-state index is 14.7. The van der Waals surface area contributed by atoms with Crippen molar-refractivity contribution in [2.75, 3.05) is 6.61 Å². The summed E-state index contributed by atoms with van der Waals surface area (Å²) < 4.78 is 85.6. The fraction of sp³-hybridized carbons (Fsp3) is 0.412. The second-order valence-electron chi connectivity index (χ2n) is 8.43. The van der Waals surface area contributed by atoms with Crippen molar-refractivity contribution in [1.82, 2.24) is 9.55 Å². The predicted octanol–water partition coefficient (Wildman–Crippen LogP) is 3.03. The average Bonchev–Trinajstić information content (AvgIpc) is 3.27. The SMILES string of the molecule is [B]P(=O)(OC[C@H]1O[C@@H](n2cc(C)c(=O)[nH]c2=O)C[C@H]1N=[N+]=[N-])OP(=O)(O)C(F)(F)P(=O)(O)Oc1ccc([N+](=O)[O-])cc1. The molecule has 25 heteroatoms. The number of hydrogen-bond donors (Lipinski definition) is 3. The summed E-state index contributed by atoms with van der Waals surface area (Å²) in [5.41, 5.74) is 6.80. The van der Waals surface area contributed by atoms with Crippen LogP contribution in [0.4, 0.5) is 14.5 Å². The third kappa shape index (κ3) is 7.23. The average molecular weight is 656 g/mol. The van der Waals surface area contributed by atoms with Crippen LogP contribution in [0, 0.1) is 17.0 Å². The molecular weight excluding hydrogens is 638 g/mol. The van der Waals surface area contributed by atoms with Gasteiger partial charge in [-0.15, -0.1) is 0 Å². The van der Waals surface area contributed by atoms with E-state index in [4.69, 9.17) is 17.8 Å². The number of aromatic nitrogens is 2. The molecule has 3 N–H and O–H groups in total. The third-order valence-electron chi connectivity index (χ3n) is 5.46. The maximum Gasteiger partial charge on any atom is 0.459 e. The zero-order valence-corrected chi connectivity index (χ0v) is 23.5. The number of halogens is 2. The topological polar surface area (TPSA) is 275 Å². The summed E-state index contributed by atoms with van der Waals surface area (Å²) in [6.45, 7) is 0.384. The number of hydrogen-bond acceptors (Lipinski definition) is 12. The summed E-state index contributed by atoms with van der Waals surface area (Å²) in [5, 5.41) is 8.44. The first-order valence-electron chi connectivity index (χ1n) is 11.0. The van der Waals surface area contributed by atoms with Gasteiger partial charge in [0.1, 0.15) is 12.0 Å². The lowest BCUT2D eigenvalue weighted by Crippen LogP contribution is -2.33. The highest BCUT2D eigenvalue weighted by Gasteiger charge is 2.69. The van der Waals surface area contributed by atoms with Gasteiger partial charge in [0.15, 0.2) is 0 Å². The molecule has 2 aromatic rings. The Kier molecular flexibility index (Phi) is 9.69. The minimum absolute atomic E-state index is 0.108. The van der Waals surface area contributed by atoms with Gasteiger partial charge in [0.05, 0.1) is 23.7 Å². The number of azide groups is 1. The van der Waals surface area contributed by atoms with E-state index in [0.717, 1.165) is 22.9 Å². The zero-order chi connectivity index (χ0) is 31.7. The highest BCUT2D eigenvalue weighted by atomic mass is 31.3. The minimum Gasteiger partial charge on any atom is -0.420 e. The van der Waals surface area contributed by atoms with Gasteiger partial charge in [-0.1, -0.05) is 5.11 Å². The minimum atomic E-state index is -6.76. The molecular formula is C17H18BF2N6O13P3. The van der Waals surface area contributed by atoms with Crippen LogP contribution < -0.4 is 15.8 Å². The Balaban J connectivity index is 1.73. The number of ether oxygens (including phenoxy) is 1. The fourth-order valence-corrected chi connectivity index (χ4v) is 7.83. The molecule has 0 saturated carbocycles.